The Morgan fingerprint density at radius 3 is 2.42 bits per heavy atom. The van der Waals surface area contributed by atoms with Crippen molar-refractivity contribution in [1.29, 1.82) is 0 Å². The summed E-state index contributed by atoms with van der Waals surface area (Å²) in [5.74, 6) is -3.16. The van der Waals surface area contributed by atoms with E-state index in [2.05, 4.69) is 0 Å². The first-order valence-corrected chi connectivity index (χ1v) is 7.13. The molecule has 10 heteroatoms. The third-order valence-electron chi connectivity index (χ3n) is 2.97. The van der Waals surface area contributed by atoms with E-state index in [1.54, 1.807) is 0 Å². The number of imide groups is 2. The number of likely N-dealkylation sites (N-methyl/N-ethyl adjacent to an activating group) is 1. The van der Waals surface area contributed by atoms with Gasteiger partial charge in [0.1, 0.15) is 12.2 Å². The highest BCUT2D eigenvalue weighted by atomic mass is 35.5. The summed E-state index contributed by atoms with van der Waals surface area (Å²) in [6, 6.07) is 1.81. The van der Waals surface area contributed by atoms with E-state index in [0.29, 0.717) is 0 Å². The van der Waals surface area contributed by atoms with Crippen molar-refractivity contribution in [3.63, 3.8) is 0 Å². The summed E-state index contributed by atoms with van der Waals surface area (Å²) in [5.41, 5.74) is -0.000290. The number of halogens is 2. The maximum Gasteiger partial charge on any atom is 0.331 e. The van der Waals surface area contributed by atoms with Gasteiger partial charge in [0.2, 0.25) is 0 Å². The molecule has 0 atom stereocenters. The van der Waals surface area contributed by atoms with Crippen LogP contribution in [0.25, 0.3) is 6.08 Å². The first kappa shape index (κ1) is 17.8. The summed E-state index contributed by atoms with van der Waals surface area (Å²) in [5, 5.41) is 12.4. The van der Waals surface area contributed by atoms with Crippen LogP contribution in [0.15, 0.2) is 17.7 Å². The second-order valence-electron chi connectivity index (χ2n) is 4.66. The Hall–Kier alpha value is -2.58. The van der Waals surface area contributed by atoms with E-state index in [-0.39, 0.29) is 26.9 Å². The van der Waals surface area contributed by atoms with Crippen molar-refractivity contribution >= 4 is 53.1 Å². The molecule has 1 heterocycles. The van der Waals surface area contributed by atoms with Gasteiger partial charge in [0.05, 0.1) is 16.0 Å². The first-order valence-electron chi connectivity index (χ1n) is 6.37. The van der Waals surface area contributed by atoms with Crippen LogP contribution in [0.4, 0.5) is 4.79 Å². The molecule has 8 nitrogen and oxygen atoms in total. The second-order valence-corrected chi connectivity index (χ2v) is 5.47. The van der Waals surface area contributed by atoms with Crippen LogP contribution in [0.2, 0.25) is 10.0 Å². The number of carbonyl (C=O) groups is 4. The number of nitrogens with one attached hydrogen (secondary N) is 1. The van der Waals surface area contributed by atoms with Crippen LogP contribution in [0.5, 0.6) is 5.75 Å². The number of rotatable bonds is 4. The van der Waals surface area contributed by atoms with Gasteiger partial charge in [-0.15, -0.1) is 0 Å². The van der Waals surface area contributed by atoms with Gasteiger partial charge in [0, 0.05) is 7.05 Å². The van der Waals surface area contributed by atoms with Gasteiger partial charge in [-0.2, -0.15) is 0 Å². The number of hydrogen-bond acceptors (Lipinski definition) is 6. The summed E-state index contributed by atoms with van der Waals surface area (Å²) in [7, 11) is 1.22. The number of barbiturate groups is 1. The van der Waals surface area contributed by atoms with Crippen molar-refractivity contribution in [2.24, 2.45) is 0 Å². The summed E-state index contributed by atoms with van der Waals surface area (Å²) >= 11 is 11.9. The van der Waals surface area contributed by atoms with Crippen molar-refractivity contribution in [3.8, 4) is 5.75 Å². The third-order valence-corrected chi connectivity index (χ3v) is 3.53. The topological polar surface area (TPSA) is 116 Å². The standard InChI is InChI=1S/C14H10Cl2N2O6/c1-18-13(22)7(12(21)17-14(18)23)2-6-3-8(15)11(9(16)4-6)24-5-10(19)20/h2-4H,5H2,1H3,(H,19,20)(H,17,21,23)/p-1/b7-2-. The zero-order valence-corrected chi connectivity index (χ0v) is 13.6. The average molecular weight is 372 g/mol. The molecule has 1 saturated heterocycles. The van der Waals surface area contributed by atoms with Crippen molar-refractivity contribution in [1.82, 2.24) is 10.2 Å². The smallest absolute Gasteiger partial charge is 0.331 e. The number of carboxylic acid groups (broad SMARTS) is 1. The fourth-order valence-corrected chi connectivity index (χ4v) is 2.46. The van der Waals surface area contributed by atoms with Crippen LogP contribution in [0, 0.1) is 0 Å². The Morgan fingerprint density at radius 2 is 1.88 bits per heavy atom. The van der Waals surface area contributed by atoms with Gasteiger partial charge < -0.3 is 14.6 Å². The zero-order valence-electron chi connectivity index (χ0n) is 12.1. The highest BCUT2D eigenvalue weighted by Gasteiger charge is 2.33. The van der Waals surface area contributed by atoms with Gasteiger partial charge in [0.15, 0.2) is 5.75 Å². The second kappa shape index (κ2) is 6.90. The average Bonchev–Trinajstić information content (AvgIpc) is 2.48. The number of carboxylic acids is 1. The summed E-state index contributed by atoms with van der Waals surface area (Å²) in [6.07, 6.45) is 1.20. The van der Waals surface area contributed by atoms with Crippen LogP contribution in [-0.2, 0) is 14.4 Å². The molecule has 0 saturated carbocycles. The minimum Gasteiger partial charge on any atom is -0.546 e. The lowest BCUT2D eigenvalue weighted by atomic mass is 10.1. The fraction of sp³-hybridized carbons (Fsp3) is 0.143. The molecule has 1 fully saturated rings. The lowest BCUT2D eigenvalue weighted by Gasteiger charge is -2.22. The largest absolute Gasteiger partial charge is 0.546 e. The lowest BCUT2D eigenvalue weighted by Crippen LogP contribution is -2.52. The van der Waals surface area contributed by atoms with E-state index < -0.39 is 30.4 Å². The molecule has 1 aromatic rings. The monoisotopic (exact) mass is 371 g/mol. The predicted molar refractivity (Wildman–Crippen MR) is 81.2 cm³/mol. The number of hydrogen-bond donors (Lipinski definition) is 1. The maximum absolute atomic E-state index is 12.0. The third kappa shape index (κ3) is 3.66. The number of benzene rings is 1. The summed E-state index contributed by atoms with van der Waals surface area (Å²) in [4.78, 5) is 46.2. The fourth-order valence-electron chi connectivity index (χ4n) is 1.84. The number of nitrogens with zero attached hydrogens (tertiary/aromatic N) is 1. The highest BCUT2D eigenvalue weighted by Crippen LogP contribution is 2.35. The van der Waals surface area contributed by atoms with Gasteiger partial charge in [-0.1, -0.05) is 23.2 Å². The molecule has 0 spiro atoms. The molecule has 1 aromatic carbocycles. The molecule has 0 aromatic heterocycles. The number of amides is 4. The molecule has 126 valence electrons. The highest BCUT2D eigenvalue weighted by molar-refractivity contribution is 6.37. The van der Waals surface area contributed by atoms with Crippen molar-refractivity contribution in [2.75, 3.05) is 13.7 Å². The molecule has 0 aliphatic carbocycles. The lowest BCUT2D eigenvalue weighted by molar-refractivity contribution is -0.307. The summed E-state index contributed by atoms with van der Waals surface area (Å²) in [6.45, 7) is -0.742. The van der Waals surface area contributed by atoms with E-state index in [4.69, 9.17) is 27.9 Å². The number of carbonyl (C=O) groups excluding carboxylic acids is 4. The quantitative estimate of drug-likeness (QED) is 0.597. The molecule has 1 aliphatic heterocycles. The Labute approximate surface area is 145 Å². The van der Waals surface area contributed by atoms with E-state index in [1.165, 1.54) is 25.3 Å². The molecular formula is C14H9Cl2N2O6-. The van der Waals surface area contributed by atoms with Gasteiger partial charge in [-0.25, -0.2) is 4.79 Å². The molecule has 0 radical (unpaired) electrons. The molecule has 4 amide bonds. The van der Waals surface area contributed by atoms with Crippen molar-refractivity contribution in [3.05, 3.63) is 33.3 Å². The van der Waals surface area contributed by atoms with E-state index in [9.17, 15) is 24.3 Å². The minimum atomic E-state index is -1.45. The van der Waals surface area contributed by atoms with Crippen molar-refractivity contribution < 1.29 is 29.0 Å². The zero-order chi connectivity index (χ0) is 18.0. The van der Waals surface area contributed by atoms with Crippen LogP contribution in [-0.4, -0.2) is 42.4 Å². The van der Waals surface area contributed by atoms with Crippen LogP contribution in [0.3, 0.4) is 0 Å². The van der Waals surface area contributed by atoms with E-state index in [0.717, 1.165) is 4.90 Å². The van der Waals surface area contributed by atoms with E-state index in [1.807, 2.05) is 5.32 Å². The molecule has 24 heavy (non-hydrogen) atoms. The maximum atomic E-state index is 12.0. The Balaban J connectivity index is 2.36. The molecule has 2 rings (SSSR count). The van der Waals surface area contributed by atoms with Crippen LogP contribution in [0.1, 0.15) is 5.56 Å². The van der Waals surface area contributed by atoms with E-state index >= 15 is 0 Å². The number of ether oxygens (including phenoxy) is 1. The molecule has 1 aliphatic rings. The van der Waals surface area contributed by atoms with Gasteiger partial charge in [-0.3, -0.25) is 19.8 Å². The molecule has 1 N–H and O–H groups in total. The molecule has 0 unspecified atom stereocenters. The SMILES string of the molecule is CN1C(=O)NC(=O)/C(=C/c2cc(Cl)c(OCC(=O)[O-])c(Cl)c2)C1=O. The van der Waals surface area contributed by atoms with Crippen LogP contribution < -0.4 is 15.2 Å². The normalized spacial score (nSPS) is 16.4. The van der Waals surface area contributed by atoms with Crippen LogP contribution >= 0.6 is 23.2 Å². The number of aliphatic carboxylic acids is 1. The molecule has 0 bridgehead atoms. The van der Waals surface area contributed by atoms with Crippen molar-refractivity contribution in [2.45, 2.75) is 0 Å². The Kier molecular flexibility index (Phi) is 5.10. The minimum absolute atomic E-state index is 0.0244. The molecular weight excluding hydrogens is 363 g/mol. The first-order chi connectivity index (χ1) is 11.2. The van der Waals surface area contributed by atoms with Gasteiger partial charge in [0.25, 0.3) is 11.8 Å². The van der Waals surface area contributed by atoms with Gasteiger partial charge in [-0.05, 0) is 23.8 Å². The number of urea groups is 1. The summed E-state index contributed by atoms with van der Waals surface area (Å²) < 4.78 is 4.90. The van der Waals surface area contributed by atoms with Gasteiger partial charge >= 0.3 is 6.03 Å². The Bertz CT molecular complexity index is 766. The predicted octanol–water partition coefficient (Wildman–Crippen LogP) is 0.214. The Morgan fingerprint density at radius 1 is 1.29 bits per heavy atom.